The molecular formula is C17H24ClN3O4. The maximum Gasteiger partial charge on any atom is 0.321 e. The third-order valence-corrected chi connectivity index (χ3v) is 4.46. The molecule has 1 aliphatic rings. The van der Waals surface area contributed by atoms with E-state index in [2.05, 4.69) is 10.6 Å². The summed E-state index contributed by atoms with van der Waals surface area (Å²) >= 11 is 6.08. The van der Waals surface area contributed by atoms with Crippen LogP contribution in [-0.4, -0.2) is 50.7 Å². The fraction of sp³-hybridized carbons (Fsp3) is 0.529. The summed E-state index contributed by atoms with van der Waals surface area (Å²) in [4.78, 5) is 25.4. The molecule has 25 heavy (non-hydrogen) atoms. The Kier molecular flexibility index (Phi) is 6.75. The predicted molar refractivity (Wildman–Crippen MR) is 96.6 cm³/mol. The van der Waals surface area contributed by atoms with E-state index in [1.807, 2.05) is 0 Å². The monoisotopic (exact) mass is 369 g/mol. The lowest BCUT2D eigenvalue weighted by Gasteiger charge is -2.33. The molecule has 1 aromatic carbocycles. The first-order chi connectivity index (χ1) is 11.9. The molecule has 8 heteroatoms. The lowest BCUT2D eigenvalue weighted by molar-refractivity contribution is -0.119. The van der Waals surface area contributed by atoms with Crippen LogP contribution in [0.1, 0.15) is 19.8 Å². The minimum Gasteiger partial charge on any atom is -0.495 e. The number of carbonyl (C=O) groups is 2. The number of carbonyl (C=O) groups excluding carboxylic acids is 2. The molecule has 1 unspecified atom stereocenters. The van der Waals surface area contributed by atoms with E-state index in [1.54, 1.807) is 17.0 Å². The van der Waals surface area contributed by atoms with Crippen LogP contribution in [0.4, 0.5) is 10.5 Å². The van der Waals surface area contributed by atoms with E-state index in [0.717, 1.165) is 12.8 Å². The topological polar surface area (TPSA) is 79.9 Å². The standard InChI is InChI=1S/C17H24ClN3O4/c1-11(22)19-9-12-5-4-6-21(10-12)17(23)20-14-8-15(24-2)13(18)7-16(14)25-3/h7-8,12H,4-6,9-10H2,1-3H3,(H,19,22)(H,20,23). The molecule has 0 aromatic heterocycles. The molecule has 0 bridgehead atoms. The minimum atomic E-state index is -0.213. The highest BCUT2D eigenvalue weighted by molar-refractivity contribution is 6.32. The summed E-state index contributed by atoms with van der Waals surface area (Å²) in [6.07, 6.45) is 1.89. The van der Waals surface area contributed by atoms with Crippen molar-refractivity contribution >= 4 is 29.2 Å². The van der Waals surface area contributed by atoms with Gasteiger partial charge in [-0.05, 0) is 18.8 Å². The van der Waals surface area contributed by atoms with Gasteiger partial charge in [0.1, 0.15) is 11.5 Å². The number of piperidine rings is 1. The van der Waals surface area contributed by atoms with Gasteiger partial charge in [-0.3, -0.25) is 4.79 Å². The molecule has 1 saturated heterocycles. The van der Waals surface area contributed by atoms with Gasteiger partial charge in [0.05, 0.1) is 24.9 Å². The predicted octanol–water partition coefficient (Wildman–Crippen LogP) is 2.74. The molecule has 1 aromatic rings. The van der Waals surface area contributed by atoms with E-state index in [0.29, 0.717) is 41.8 Å². The SMILES string of the molecule is COc1cc(NC(=O)N2CCCC(CNC(C)=O)C2)c(OC)cc1Cl. The Morgan fingerprint density at radius 1 is 1.28 bits per heavy atom. The molecule has 1 heterocycles. The van der Waals surface area contributed by atoms with Crippen molar-refractivity contribution in [3.63, 3.8) is 0 Å². The van der Waals surface area contributed by atoms with E-state index in [-0.39, 0.29) is 17.9 Å². The van der Waals surface area contributed by atoms with E-state index in [1.165, 1.54) is 21.1 Å². The summed E-state index contributed by atoms with van der Waals surface area (Å²) < 4.78 is 10.5. The van der Waals surface area contributed by atoms with Crippen LogP contribution in [0.15, 0.2) is 12.1 Å². The number of methoxy groups -OCH3 is 2. The molecule has 0 saturated carbocycles. The third kappa shape index (κ3) is 5.16. The van der Waals surface area contributed by atoms with Crippen molar-refractivity contribution in [3.05, 3.63) is 17.2 Å². The number of benzene rings is 1. The Labute approximate surface area is 152 Å². The summed E-state index contributed by atoms with van der Waals surface area (Å²) in [6, 6.07) is 3.03. The molecule has 0 spiro atoms. The van der Waals surface area contributed by atoms with Crippen molar-refractivity contribution in [2.24, 2.45) is 5.92 Å². The van der Waals surface area contributed by atoms with E-state index in [9.17, 15) is 9.59 Å². The van der Waals surface area contributed by atoms with Gasteiger partial charge in [-0.2, -0.15) is 0 Å². The Hall–Kier alpha value is -2.15. The van der Waals surface area contributed by atoms with Crippen LogP contribution in [0.3, 0.4) is 0 Å². The Balaban J connectivity index is 2.04. The summed E-state index contributed by atoms with van der Waals surface area (Å²) in [5, 5.41) is 6.08. The maximum atomic E-state index is 12.6. The first kappa shape index (κ1) is 19.2. The average Bonchev–Trinajstić information content (AvgIpc) is 2.61. The zero-order chi connectivity index (χ0) is 18.4. The Morgan fingerprint density at radius 3 is 2.64 bits per heavy atom. The Bertz CT molecular complexity index is 639. The van der Waals surface area contributed by atoms with Crippen molar-refractivity contribution in [1.29, 1.82) is 0 Å². The zero-order valence-electron chi connectivity index (χ0n) is 14.7. The minimum absolute atomic E-state index is 0.0560. The summed E-state index contributed by atoms with van der Waals surface area (Å²) in [6.45, 7) is 3.35. The molecule has 0 aliphatic carbocycles. The van der Waals surface area contributed by atoms with Crippen LogP contribution >= 0.6 is 11.6 Å². The first-order valence-corrected chi connectivity index (χ1v) is 8.54. The number of amides is 3. The highest BCUT2D eigenvalue weighted by Crippen LogP contribution is 2.36. The fourth-order valence-corrected chi connectivity index (χ4v) is 3.09. The van der Waals surface area contributed by atoms with Gasteiger partial charge in [0.25, 0.3) is 0 Å². The molecule has 3 amide bonds. The van der Waals surface area contributed by atoms with Crippen molar-refractivity contribution in [2.75, 3.05) is 39.2 Å². The average molecular weight is 370 g/mol. The van der Waals surface area contributed by atoms with Gasteiger partial charge in [0.2, 0.25) is 5.91 Å². The molecule has 1 fully saturated rings. The summed E-state index contributed by atoms with van der Waals surface area (Å²) in [7, 11) is 3.02. The van der Waals surface area contributed by atoms with Gasteiger partial charge >= 0.3 is 6.03 Å². The van der Waals surface area contributed by atoms with Crippen molar-refractivity contribution < 1.29 is 19.1 Å². The number of urea groups is 1. The molecule has 0 radical (unpaired) electrons. The second kappa shape index (κ2) is 8.80. The molecule has 1 atom stereocenters. The second-order valence-corrected chi connectivity index (χ2v) is 6.42. The van der Waals surface area contributed by atoms with Gasteiger partial charge in [0.15, 0.2) is 0 Å². The molecule has 7 nitrogen and oxygen atoms in total. The molecule has 1 aliphatic heterocycles. The van der Waals surface area contributed by atoms with Gasteiger partial charge in [-0.15, -0.1) is 0 Å². The molecule has 2 N–H and O–H groups in total. The summed E-state index contributed by atoms with van der Waals surface area (Å²) in [5.41, 5.74) is 0.498. The van der Waals surface area contributed by atoms with Gasteiger partial charge in [0, 0.05) is 38.7 Å². The van der Waals surface area contributed by atoms with Crippen LogP contribution < -0.4 is 20.1 Å². The van der Waals surface area contributed by atoms with E-state index in [4.69, 9.17) is 21.1 Å². The number of nitrogens with zero attached hydrogens (tertiary/aromatic N) is 1. The first-order valence-electron chi connectivity index (χ1n) is 8.16. The molecular weight excluding hydrogens is 346 g/mol. The highest BCUT2D eigenvalue weighted by atomic mass is 35.5. The number of nitrogens with one attached hydrogen (secondary N) is 2. The number of ether oxygens (including phenoxy) is 2. The molecule has 2 rings (SSSR count). The quantitative estimate of drug-likeness (QED) is 0.836. The van der Waals surface area contributed by atoms with E-state index >= 15 is 0 Å². The van der Waals surface area contributed by atoms with Crippen LogP contribution in [0.5, 0.6) is 11.5 Å². The normalized spacial score (nSPS) is 17.0. The lowest BCUT2D eigenvalue weighted by atomic mass is 9.98. The van der Waals surface area contributed by atoms with Gasteiger partial charge in [-0.25, -0.2) is 4.79 Å². The lowest BCUT2D eigenvalue weighted by Crippen LogP contribution is -2.45. The number of hydrogen-bond donors (Lipinski definition) is 2. The second-order valence-electron chi connectivity index (χ2n) is 6.01. The molecule has 138 valence electrons. The van der Waals surface area contributed by atoms with Crippen molar-refractivity contribution in [1.82, 2.24) is 10.2 Å². The number of hydrogen-bond acceptors (Lipinski definition) is 4. The third-order valence-electron chi connectivity index (χ3n) is 4.16. The van der Waals surface area contributed by atoms with Gasteiger partial charge < -0.3 is 25.0 Å². The number of halogens is 1. The van der Waals surface area contributed by atoms with Crippen LogP contribution in [0.2, 0.25) is 5.02 Å². The number of anilines is 1. The summed E-state index contributed by atoms with van der Waals surface area (Å²) in [5.74, 6) is 1.12. The maximum absolute atomic E-state index is 12.6. The largest absolute Gasteiger partial charge is 0.495 e. The fourth-order valence-electron chi connectivity index (χ4n) is 2.86. The van der Waals surface area contributed by atoms with E-state index < -0.39 is 0 Å². The van der Waals surface area contributed by atoms with Crippen molar-refractivity contribution in [2.45, 2.75) is 19.8 Å². The van der Waals surface area contributed by atoms with Crippen LogP contribution in [0, 0.1) is 5.92 Å². The number of rotatable bonds is 5. The van der Waals surface area contributed by atoms with Crippen molar-refractivity contribution in [3.8, 4) is 11.5 Å². The number of likely N-dealkylation sites (tertiary alicyclic amines) is 1. The van der Waals surface area contributed by atoms with Crippen LogP contribution in [-0.2, 0) is 4.79 Å². The smallest absolute Gasteiger partial charge is 0.321 e. The Morgan fingerprint density at radius 2 is 2.00 bits per heavy atom. The highest BCUT2D eigenvalue weighted by Gasteiger charge is 2.24. The van der Waals surface area contributed by atoms with Crippen LogP contribution in [0.25, 0.3) is 0 Å². The zero-order valence-corrected chi connectivity index (χ0v) is 15.5. The van der Waals surface area contributed by atoms with Gasteiger partial charge in [-0.1, -0.05) is 11.6 Å².